The molecular formula is C11H17NO. The third-order valence-electron chi connectivity index (χ3n) is 2.15. The quantitative estimate of drug-likeness (QED) is 0.770. The lowest BCUT2D eigenvalue weighted by molar-refractivity contribution is 0.416. The van der Waals surface area contributed by atoms with Gasteiger partial charge in [-0.25, -0.2) is 0 Å². The van der Waals surface area contributed by atoms with Crippen LogP contribution in [-0.2, 0) is 0 Å². The number of nitrogens with one attached hydrogen (secondary N) is 1. The number of methoxy groups -OCH3 is 1. The van der Waals surface area contributed by atoms with Crippen molar-refractivity contribution >= 4 is 5.69 Å². The number of rotatable bonds is 3. The van der Waals surface area contributed by atoms with E-state index >= 15 is 0 Å². The Morgan fingerprint density at radius 3 is 2.46 bits per heavy atom. The van der Waals surface area contributed by atoms with Crippen LogP contribution < -0.4 is 10.1 Å². The van der Waals surface area contributed by atoms with Crippen molar-refractivity contribution in [3.63, 3.8) is 0 Å². The van der Waals surface area contributed by atoms with Gasteiger partial charge in [0.2, 0.25) is 0 Å². The Kier molecular flexibility index (Phi) is 3.18. The van der Waals surface area contributed by atoms with Gasteiger partial charge in [-0.1, -0.05) is 26.0 Å². The van der Waals surface area contributed by atoms with Crippen LogP contribution in [0.1, 0.15) is 25.3 Å². The van der Waals surface area contributed by atoms with E-state index in [-0.39, 0.29) is 0 Å². The first-order chi connectivity index (χ1) is 6.20. The van der Waals surface area contributed by atoms with E-state index in [1.165, 1.54) is 5.56 Å². The van der Waals surface area contributed by atoms with E-state index in [4.69, 9.17) is 4.74 Å². The van der Waals surface area contributed by atoms with Gasteiger partial charge < -0.3 is 10.1 Å². The van der Waals surface area contributed by atoms with E-state index in [1.54, 1.807) is 7.11 Å². The molecule has 1 aromatic carbocycles. The van der Waals surface area contributed by atoms with E-state index in [0.29, 0.717) is 5.92 Å². The minimum absolute atomic E-state index is 0.512. The summed E-state index contributed by atoms with van der Waals surface area (Å²) in [6.45, 7) is 4.35. The Morgan fingerprint density at radius 2 is 2.00 bits per heavy atom. The van der Waals surface area contributed by atoms with E-state index in [2.05, 4.69) is 25.2 Å². The van der Waals surface area contributed by atoms with Crippen molar-refractivity contribution in [3.05, 3.63) is 23.8 Å². The van der Waals surface area contributed by atoms with Crippen molar-refractivity contribution in [3.8, 4) is 5.75 Å². The predicted molar refractivity (Wildman–Crippen MR) is 56.6 cm³/mol. The third kappa shape index (κ3) is 1.94. The first kappa shape index (κ1) is 9.90. The number of hydrogen-bond acceptors (Lipinski definition) is 2. The zero-order valence-electron chi connectivity index (χ0n) is 8.72. The molecule has 1 rings (SSSR count). The van der Waals surface area contributed by atoms with Gasteiger partial charge in [0.05, 0.1) is 12.8 Å². The lowest BCUT2D eigenvalue weighted by Crippen LogP contribution is -2.00. The molecular weight excluding hydrogens is 162 g/mol. The number of para-hydroxylation sites is 1. The van der Waals surface area contributed by atoms with Crippen molar-refractivity contribution in [2.45, 2.75) is 19.8 Å². The van der Waals surface area contributed by atoms with Gasteiger partial charge in [0, 0.05) is 7.05 Å². The van der Waals surface area contributed by atoms with Crippen LogP contribution in [0.2, 0.25) is 0 Å². The van der Waals surface area contributed by atoms with Gasteiger partial charge in [-0.05, 0) is 17.5 Å². The van der Waals surface area contributed by atoms with Gasteiger partial charge in [-0.15, -0.1) is 0 Å². The molecule has 1 aromatic rings. The summed E-state index contributed by atoms with van der Waals surface area (Å²) in [6.07, 6.45) is 0. The average Bonchev–Trinajstić information content (AvgIpc) is 2.16. The fraction of sp³-hybridized carbons (Fsp3) is 0.455. The molecule has 0 aliphatic heterocycles. The molecule has 0 saturated carbocycles. The number of hydrogen-bond donors (Lipinski definition) is 1. The second kappa shape index (κ2) is 4.17. The Labute approximate surface area is 79.9 Å². The van der Waals surface area contributed by atoms with Crippen LogP contribution in [0.3, 0.4) is 0 Å². The second-order valence-corrected chi connectivity index (χ2v) is 3.33. The molecule has 0 aliphatic rings. The summed E-state index contributed by atoms with van der Waals surface area (Å²) >= 11 is 0. The molecule has 0 heterocycles. The fourth-order valence-corrected chi connectivity index (χ4v) is 1.47. The molecule has 13 heavy (non-hydrogen) atoms. The molecule has 0 fully saturated rings. The third-order valence-corrected chi connectivity index (χ3v) is 2.15. The highest BCUT2D eigenvalue weighted by Crippen LogP contribution is 2.32. The van der Waals surface area contributed by atoms with Gasteiger partial charge in [0.25, 0.3) is 0 Å². The molecule has 0 aliphatic carbocycles. The van der Waals surface area contributed by atoms with Gasteiger partial charge in [0.1, 0.15) is 5.75 Å². The van der Waals surface area contributed by atoms with Gasteiger partial charge in [-0.2, -0.15) is 0 Å². The predicted octanol–water partition coefficient (Wildman–Crippen LogP) is 2.86. The van der Waals surface area contributed by atoms with E-state index in [9.17, 15) is 0 Å². The van der Waals surface area contributed by atoms with Crippen LogP contribution in [0, 0.1) is 0 Å². The van der Waals surface area contributed by atoms with Crippen LogP contribution in [0.5, 0.6) is 5.75 Å². The Morgan fingerprint density at radius 1 is 1.31 bits per heavy atom. The Balaban J connectivity index is 3.19. The summed E-state index contributed by atoms with van der Waals surface area (Å²) in [5.74, 6) is 1.42. The number of anilines is 1. The maximum Gasteiger partial charge on any atom is 0.142 e. The zero-order valence-corrected chi connectivity index (χ0v) is 8.72. The summed E-state index contributed by atoms with van der Waals surface area (Å²) in [6, 6.07) is 6.12. The minimum atomic E-state index is 0.512. The van der Waals surface area contributed by atoms with Crippen LogP contribution in [-0.4, -0.2) is 14.2 Å². The van der Waals surface area contributed by atoms with Crippen molar-refractivity contribution in [2.75, 3.05) is 19.5 Å². The standard InChI is InChI=1S/C11H17NO/c1-8(2)9-6-5-7-10(13-4)11(9)12-3/h5-8,12H,1-4H3. The van der Waals surface area contributed by atoms with Gasteiger partial charge in [-0.3, -0.25) is 0 Å². The molecule has 0 unspecified atom stereocenters. The first-order valence-corrected chi connectivity index (χ1v) is 4.55. The molecule has 0 spiro atoms. The lowest BCUT2D eigenvalue weighted by Gasteiger charge is -2.15. The van der Waals surface area contributed by atoms with E-state index in [1.807, 2.05) is 19.2 Å². The van der Waals surface area contributed by atoms with Crippen LogP contribution in [0.25, 0.3) is 0 Å². The van der Waals surface area contributed by atoms with Gasteiger partial charge >= 0.3 is 0 Å². The number of benzene rings is 1. The molecule has 2 heteroatoms. The highest BCUT2D eigenvalue weighted by molar-refractivity contribution is 5.62. The van der Waals surface area contributed by atoms with Crippen LogP contribution in [0.15, 0.2) is 18.2 Å². The molecule has 0 amide bonds. The van der Waals surface area contributed by atoms with Crippen molar-refractivity contribution in [1.82, 2.24) is 0 Å². The molecule has 0 saturated heterocycles. The van der Waals surface area contributed by atoms with Crippen LogP contribution >= 0.6 is 0 Å². The smallest absolute Gasteiger partial charge is 0.142 e. The molecule has 0 atom stereocenters. The SMILES string of the molecule is CNc1c(OC)cccc1C(C)C. The largest absolute Gasteiger partial charge is 0.495 e. The summed E-state index contributed by atoms with van der Waals surface area (Å²) in [5, 5.41) is 3.17. The average molecular weight is 179 g/mol. The maximum atomic E-state index is 5.26. The molecule has 72 valence electrons. The van der Waals surface area contributed by atoms with E-state index in [0.717, 1.165) is 11.4 Å². The summed E-state index contributed by atoms with van der Waals surface area (Å²) in [5.41, 5.74) is 2.39. The van der Waals surface area contributed by atoms with Crippen molar-refractivity contribution in [2.24, 2.45) is 0 Å². The molecule has 0 bridgehead atoms. The lowest BCUT2D eigenvalue weighted by atomic mass is 10.0. The molecule has 1 N–H and O–H groups in total. The highest BCUT2D eigenvalue weighted by Gasteiger charge is 2.09. The highest BCUT2D eigenvalue weighted by atomic mass is 16.5. The Hall–Kier alpha value is -1.18. The minimum Gasteiger partial charge on any atom is -0.495 e. The van der Waals surface area contributed by atoms with Crippen molar-refractivity contribution < 1.29 is 4.74 Å². The van der Waals surface area contributed by atoms with Gasteiger partial charge in [0.15, 0.2) is 0 Å². The first-order valence-electron chi connectivity index (χ1n) is 4.55. The molecule has 0 aromatic heterocycles. The van der Waals surface area contributed by atoms with Crippen molar-refractivity contribution in [1.29, 1.82) is 0 Å². The topological polar surface area (TPSA) is 21.3 Å². The fourth-order valence-electron chi connectivity index (χ4n) is 1.47. The molecule has 2 nitrogen and oxygen atoms in total. The summed E-state index contributed by atoms with van der Waals surface area (Å²) in [7, 11) is 3.62. The monoisotopic (exact) mass is 179 g/mol. The number of ether oxygens (including phenoxy) is 1. The maximum absolute atomic E-state index is 5.26. The zero-order chi connectivity index (χ0) is 9.84. The summed E-state index contributed by atoms with van der Waals surface area (Å²) < 4.78 is 5.26. The normalized spacial score (nSPS) is 10.2. The van der Waals surface area contributed by atoms with E-state index < -0.39 is 0 Å². The Bertz CT molecular complexity index is 281. The second-order valence-electron chi connectivity index (χ2n) is 3.33. The summed E-state index contributed by atoms with van der Waals surface area (Å²) in [4.78, 5) is 0. The van der Waals surface area contributed by atoms with Crippen LogP contribution in [0.4, 0.5) is 5.69 Å². The molecule has 0 radical (unpaired) electrons.